The fourth-order valence-corrected chi connectivity index (χ4v) is 7.11. The Labute approximate surface area is 354 Å². The zero-order valence-corrected chi connectivity index (χ0v) is 37.6. The van der Waals surface area contributed by atoms with Gasteiger partial charge in [0.15, 0.2) is 0 Å². The third kappa shape index (κ3) is 13.9. The van der Waals surface area contributed by atoms with Gasteiger partial charge in [-0.05, 0) is 96.2 Å². The first-order valence-corrected chi connectivity index (χ1v) is 20.8. The Kier molecular flexibility index (Phi) is 22.1. The van der Waals surface area contributed by atoms with Crippen molar-refractivity contribution in [2.24, 2.45) is 5.92 Å². The number of hydrogen-bond acceptors (Lipinski definition) is 10. The number of likely N-dealkylation sites (N-methyl/N-ethyl adjacent to an activating group) is 2. The molecule has 0 spiro atoms. The van der Waals surface area contributed by atoms with Crippen LogP contribution in [0.3, 0.4) is 0 Å². The maximum Gasteiger partial charge on any atom is 0.326 e. The van der Waals surface area contributed by atoms with Crippen molar-refractivity contribution in [2.75, 3.05) is 70.7 Å². The van der Waals surface area contributed by atoms with E-state index < -0.39 is 12.2 Å². The molecule has 2 aromatic rings. The lowest BCUT2D eigenvalue weighted by Gasteiger charge is -2.51. The van der Waals surface area contributed by atoms with E-state index in [0.717, 1.165) is 48.6 Å². The molecule has 0 saturated carbocycles. The number of carbonyl (C=O) groups excluding carboxylic acids is 1. The molecule has 322 valence electrons. The van der Waals surface area contributed by atoms with Gasteiger partial charge in [-0.1, -0.05) is 77.8 Å². The van der Waals surface area contributed by atoms with Crippen LogP contribution in [0.1, 0.15) is 66.4 Å². The number of anilines is 2. The smallest absolute Gasteiger partial charge is 0.326 e. The highest BCUT2D eigenvalue weighted by Crippen LogP contribution is 2.35. The Morgan fingerprint density at radius 1 is 1.10 bits per heavy atom. The van der Waals surface area contributed by atoms with E-state index in [1.807, 2.05) is 75.6 Å². The molecular formula is C45H71FN8O3S. The largest absolute Gasteiger partial charge is 0.514 e. The van der Waals surface area contributed by atoms with Crippen LogP contribution in [-0.2, 0) is 0 Å². The summed E-state index contributed by atoms with van der Waals surface area (Å²) < 4.78 is 21.2. The van der Waals surface area contributed by atoms with Gasteiger partial charge in [-0.2, -0.15) is 0 Å². The number of urea groups is 1. The molecule has 2 aliphatic heterocycles. The van der Waals surface area contributed by atoms with E-state index in [0.29, 0.717) is 42.5 Å². The van der Waals surface area contributed by atoms with E-state index in [1.54, 1.807) is 12.0 Å². The number of carbonyl (C=O) groups is 1. The topological polar surface area (TPSA) is 98.8 Å². The van der Waals surface area contributed by atoms with Crippen LogP contribution in [0.5, 0.6) is 5.75 Å². The van der Waals surface area contributed by atoms with Crippen molar-refractivity contribution >= 4 is 30.2 Å². The molecule has 4 rings (SSSR count). The van der Waals surface area contributed by atoms with Crippen LogP contribution in [0.15, 0.2) is 103 Å². The van der Waals surface area contributed by atoms with Crippen molar-refractivity contribution in [1.29, 1.82) is 0 Å². The van der Waals surface area contributed by atoms with Crippen LogP contribution in [0.2, 0.25) is 0 Å². The highest BCUT2D eigenvalue weighted by Gasteiger charge is 2.40. The van der Waals surface area contributed by atoms with E-state index in [1.165, 1.54) is 43.4 Å². The maximum atomic E-state index is 14.3. The lowest BCUT2D eigenvalue weighted by Crippen LogP contribution is -2.65. The number of aliphatic hydroxyl groups is 1. The third-order valence-electron chi connectivity index (χ3n) is 10.1. The summed E-state index contributed by atoms with van der Waals surface area (Å²) in [5.41, 5.74) is 5.17. The average molecular weight is 823 g/mol. The van der Waals surface area contributed by atoms with Crippen molar-refractivity contribution in [2.45, 2.75) is 79.9 Å². The Morgan fingerprint density at radius 2 is 1.76 bits per heavy atom. The number of nitrogens with zero attached hydrogens (tertiary/aromatic N) is 5. The molecule has 0 aliphatic carbocycles. The van der Waals surface area contributed by atoms with Crippen molar-refractivity contribution in [1.82, 2.24) is 29.9 Å². The molecule has 0 aromatic heterocycles. The molecular weight excluding hydrogens is 752 g/mol. The van der Waals surface area contributed by atoms with E-state index in [9.17, 15) is 14.3 Å². The summed E-state index contributed by atoms with van der Waals surface area (Å²) in [5, 5.41) is 24.1. The fourth-order valence-electron chi connectivity index (χ4n) is 6.79. The summed E-state index contributed by atoms with van der Waals surface area (Å²) in [7, 11) is 5.36. The second kappa shape index (κ2) is 25.8. The predicted molar refractivity (Wildman–Crippen MR) is 244 cm³/mol. The second-order valence-corrected chi connectivity index (χ2v) is 14.8. The molecule has 2 heterocycles. The maximum absolute atomic E-state index is 14.3. The van der Waals surface area contributed by atoms with E-state index in [2.05, 4.69) is 84.5 Å². The number of aliphatic hydroxyl groups excluding tert-OH is 1. The van der Waals surface area contributed by atoms with Crippen LogP contribution in [0, 0.1) is 18.7 Å². The second-order valence-electron chi connectivity index (χ2n) is 14.2. The summed E-state index contributed by atoms with van der Waals surface area (Å²) in [6.07, 6.45) is 10.2. The molecule has 0 bridgehead atoms. The Bertz CT molecular complexity index is 1680. The number of thiol groups is 1. The number of benzene rings is 2. The number of nitrogens with one attached hydrogen (secondary N) is 3. The van der Waals surface area contributed by atoms with Gasteiger partial charge >= 0.3 is 6.03 Å². The first kappa shape index (κ1) is 49.7. The van der Waals surface area contributed by atoms with Crippen molar-refractivity contribution in [3.63, 3.8) is 0 Å². The number of hydrazine groups is 1. The van der Waals surface area contributed by atoms with Crippen molar-refractivity contribution in [3.05, 3.63) is 114 Å². The zero-order valence-electron chi connectivity index (χ0n) is 36.7. The number of aryl methyl sites for hydroxylation is 1. The normalized spacial score (nSPS) is 18.3. The molecule has 2 aliphatic rings. The van der Waals surface area contributed by atoms with Crippen molar-refractivity contribution < 1.29 is 19.0 Å². The van der Waals surface area contributed by atoms with E-state index in [-0.39, 0.29) is 17.8 Å². The third-order valence-corrected chi connectivity index (χ3v) is 10.4. The van der Waals surface area contributed by atoms with E-state index in [4.69, 9.17) is 4.74 Å². The van der Waals surface area contributed by atoms with E-state index >= 15 is 0 Å². The van der Waals surface area contributed by atoms with Gasteiger partial charge in [-0.25, -0.2) is 14.2 Å². The minimum Gasteiger partial charge on any atom is -0.514 e. The van der Waals surface area contributed by atoms with Crippen LogP contribution in [-0.4, -0.2) is 103 Å². The summed E-state index contributed by atoms with van der Waals surface area (Å²) in [4.78, 5) is 18.3. The van der Waals surface area contributed by atoms with Gasteiger partial charge in [0, 0.05) is 67.8 Å². The molecule has 58 heavy (non-hydrogen) atoms. The first-order chi connectivity index (χ1) is 27.8. The molecule has 2 amide bonds. The minimum atomic E-state index is -0.501. The lowest BCUT2D eigenvalue weighted by atomic mass is 10.0. The number of methoxy groups -OCH3 is 1. The monoisotopic (exact) mass is 823 g/mol. The number of amides is 2. The molecule has 2 aromatic carbocycles. The molecule has 3 atom stereocenters. The molecule has 4 N–H and O–H groups in total. The van der Waals surface area contributed by atoms with Gasteiger partial charge < -0.3 is 30.7 Å². The van der Waals surface area contributed by atoms with Crippen LogP contribution >= 0.6 is 12.8 Å². The quantitative estimate of drug-likeness (QED) is 0.0891. The molecule has 13 heteroatoms. The lowest BCUT2D eigenvalue weighted by molar-refractivity contribution is -0.0461. The highest BCUT2D eigenvalue weighted by molar-refractivity contribution is 7.77. The Morgan fingerprint density at radius 3 is 2.26 bits per heavy atom. The predicted octanol–water partition coefficient (Wildman–Crippen LogP) is 9.10. The van der Waals surface area contributed by atoms with Crippen LogP contribution in [0.4, 0.5) is 20.6 Å². The highest BCUT2D eigenvalue weighted by atomic mass is 32.1. The van der Waals surface area contributed by atoms with Gasteiger partial charge in [-0.3, -0.25) is 14.2 Å². The molecule has 2 fully saturated rings. The summed E-state index contributed by atoms with van der Waals surface area (Å²) in [6, 6.07) is 10.4. The number of halogens is 1. The summed E-state index contributed by atoms with van der Waals surface area (Å²) >= 11 is 4.54. The number of hydrogen-bond donors (Lipinski definition) is 5. The van der Waals surface area contributed by atoms with Gasteiger partial charge in [0.2, 0.25) is 0 Å². The number of ether oxygens (including phenoxy) is 1. The van der Waals surface area contributed by atoms with Gasteiger partial charge in [0.05, 0.1) is 30.8 Å². The molecule has 0 radical (unpaired) electrons. The molecule has 3 unspecified atom stereocenters. The zero-order chi connectivity index (χ0) is 43.4. The minimum absolute atomic E-state index is 0.196. The standard InChI is InChI=1S/C39H54FN7O3S.C4H10.C2H7N/c1-9-12-13-35-28(5)41-38(47(29(35)6)44(11-3)23-22-43(10-2)37(26-48)31-20-21-45(51)25-31)30(7)46(36-19-18-34(50-8)24-27(36)4)39(49)42-33-16-14-32(40)15-17-33;1-3-4-2;1-3-2/h9,12-19,24,26,30-31,38,41,48,51H,5-6,10-11,20-23,25H2,1-4,7-8H3,(H,42,49);3-4H2,1-2H3;3H,1-2H3/b12-9-,35-13-,37-26+;;. The number of allylic oxidation sites excluding steroid dienone is 3. The van der Waals surface area contributed by atoms with Crippen LogP contribution in [0.25, 0.3) is 0 Å². The van der Waals surface area contributed by atoms with Gasteiger partial charge in [-0.15, -0.1) is 0 Å². The summed E-state index contributed by atoms with van der Waals surface area (Å²) in [6.45, 7) is 27.6. The van der Waals surface area contributed by atoms with Gasteiger partial charge in [0.25, 0.3) is 0 Å². The fraction of sp³-hybridized carbons (Fsp3) is 0.489. The summed E-state index contributed by atoms with van der Waals surface area (Å²) in [5.74, 6) is 0.482. The van der Waals surface area contributed by atoms with Gasteiger partial charge in [0.1, 0.15) is 17.7 Å². The molecule has 2 saturated heterocycles. The SMILES string of the molecule is C=C1NC(C(C)N(C(=O)Nc2ccc(F)cc2)c2ccc(OC)cc2C)N(N(CC)CCN(CC)/C(=C/O)C2CCN(S)C2)C(=C)/C1=C\C=C/C.CCCC.CNC. The Hall–Kier alpha value is -4.43. The van der Waals surface area contributed by atoms with Crippen LogP contribution < -0.4 is 25.6 Å². The number of unbranched alkanes of at least 4 members (excludes halogenated alkanes) is 1. The Balaban J connectivity index is 0.00000154. The van der Waals surface area contributed by atoms with Crippen molar-refractivity contribution in [3.8, 4) is 5.75 Å². The average Bonchev–Trinajstić information content (AvgIpc) is 3.65. The molecule has 11 nitrogen and oxygen atoms in total. The first-order valence-electron chi connectivity index (χ1n) is 20.4. The number of rotatable bonds is 15.